The Balaban J connectivity index is 0.000000202. The molecule has 0 unspecified atom stereocenters. The van der Waals surface area contributed by atoms with Crippen molar-refractivity contribution >= 4 is 35.0 Å². The Kier molecular flexibility index (Phi) is 13.0. The second-order valence-electron chi connectivity index (χ2n) is 12.8. The normalized spacial score (nSPS) is 22.2. The Morgan fingerprint density at radius 3 is 1.79 bits per heavy atom. The molecule has 12 heteroatoms. The third-order valence-corrected chi connectivity index (χ3v) is 9.09. The number of nitrogens with one attached hydrogen (secondary N) is 2. The molecular weight excluding hydrogens is 709 g/mol. The molecule has 0 saturated heterocycles. The second-order valence-corrected chi connectivity index (χ2v) is 13.7. The number of hydrogen-bond donors (Lipinski definition) is 4. The van der Waals surface area contributed by atoms with E-state index in [1.165, 1.54) is 0 Å². The summed E-state index contributed by atoms with van der Waals surface area (Å²) >= 11 is 11.9. The number of pyridine rings is 2. The minimum atomic E-state index is -1.27. The minimum absolute atomic E-state index is 0.104. The van der Waals surface area contributed by atoms with Gasteiger partial charge in [0.1, 0.15) is 17.0 Å². The van der Waals surface area contributed by atoms with Crippen LogP contribution in [0.25, 0.3) is 0 Å². The van der Waals surface area contributed by atoms with Crippen molar-refractivity contribution in [1.29, 1.82) is 0 Å². The number of carbonyl (C=O) groups is 2. The summed E-state index contributed by atoms with van der Waals surface area (Å²) < 4.78 is 26.6. The van der Waals surface area contributed by atoms with Gasteiger partial charge >= 0.3 is 0 Å². The average Bonchev–Trinajstić information content (AvgIpc) is 3.11. The first-order valence-corrected chi connectivity index (χ1v) is 17.5. The van der Waals surface area contributed by atoms with E-state index in [1.807, 2.05) is 12.1 Å². The quantitative estimate of drug-likeness (QED) is 0.173. The fourth-order valence-corrected chi connectivity index (χ4v) is 6.48. The largest absolute Gasteiger partial charge is 0.378 e. The van der Waals surface area contributed by atoms with Crippen LogP contribution in [0.3, 0.4) is 0 Å². The molecule has 2 amide bonds. The van der Waals surface area contributed by atoms with Crippen LogP contribution in [0.1, 0.15) is 83.3 Å². The van der Waals surface area contributed by atoms with Gasteiger partial charge in [0, 0.05) is 70.1 Å². The molecule has 268 valence electrons. The zero-order valence-corrected chi connectivity index (χ0v) is 29.5. The molecule has 0 spiro atoms. The van der Waals surface area contributed by atoms with Crippen molar-refractivity contribution in [2.75, 3.05) is 0 Å². The van der Waals surface area contributed by atoms with E-state index in [-0.39, 0.29) is 18.4 Å². The number of aliphatic hydroxyl groups is 2. The van der Waals surface area contributed by atoms with Gasteiger partial charge in [-0.15, -0.1) is 0 Å². The Hall–Kier alpha value is -4.84. The predicted octanol–water partition coefficient (Wildman–Crippen LogP) is 6.66. The molecule has 0 bridgehead atoms. The van der Waals surface area contributed by atoms with E-state index in [0.717, 1.165) is 24.6 Å². The van der Waals surface area contributed by atoms with Crippen molar-refractivity contribution in [3.05, 3.63) is 129 Å². The number of carbonyl (C=O) groups excluding carboxylic acids is 2. The molecule has 2 heterocycles. The molecule has 0 radical (unpaired) electrons. The predicted molar refractivity (Wildman–Crippen MR) is 194 cm³/mol. The number of rotatable bonds is 4. The van der Waals surface area contributed by atoms with Gasteiger partial charge in [-0.1, -0.05) is 59.0 Å². The van der Waals surface area contributed by atoms with Crippen LogP contribution in [0.2, 0.25) is 10.0 Å². The smallest absolute Gasteiger partial charge is 0.273 e. The SMILES string of the molecule is O=C(N[C@@H]1CCC[C@](O)(C#Cc2cccc(Cl)c2)C1)c1ccncc1.O=C(N[C@@H]1CCC[C@](O)(C#Cc2cccc(Cl)c2)C1)c1ncc(F)cc1F. The summed E-state index contributed by atoms with van der Waals surface area (Å²) in [5.74, 6) is 8.95. The summed E-state index contributed by atoms with van der Waals surface area (Å²) in [6.45, 7) is 0. The number of halogens is 4. The van der Waals surface area contributed by atoms with E-state index >= 15 is 0 Å². The highest BCUT2D eigenvalue weighted by molar-refractivity contribution is 6.31. The summed E-state index contributed by atoms with van der Waals surface area (Å²) in [5, 5.41) is 28.3. The number of nitrogens with zero attached hydrogens (tertiary/aromatic N) is 2. The number of aromatic nitrogens is 2. The van der Waals surface area contributed by atoms with Crippen LogP contribution in [0.4, 0.5) is 8.78 Å². The maximum atomic E-state index is 13.7. The van der Waals surface area contributed by atoms with Crippen LogP contribution < -0.4 is 10.6 Å². The molecule has 4 atom stereocenters. The molecule has 2 saturated carbocycles. The molecule has 4 N–H and O–H groups in total. The molecule has 2 fully saturated rings. The lowest BCUT2D eigenvalue weighted by Crippen LogP contribution is -2.45. The minimum Gasteiger partial charge on any atom is -0.378 e. The summed E-state index contributed by atoms with van der Waals surface area (Å²) in [7, 11) is 0. The summed E-state index contributed by atoms with van der Waals surface area (Å²) in [6, 6.07) is 17.7. The van der Waals surface area contributed by atoms with Gasteiger partial charge in [-0.2, -0.15) is 0 Å². The molecule has 2 aliphatic carbocycles. The van der Waals surface area contributed by atoms with Crippen molar-refractivity contribution in [3.8, 4) is 23.7 Å². The van der Waals surface area contributed by atoms with Crippen molar-refractivity contribution in [2.45, 2.75) is 74.7 Å². The second kappa shape index (κ2) is 17.6. The number of benzene rings is 2. The van der Waals surface area contributed by atoms with Crippen LogP contribution in [0.15, 0.2) is 85.3 Å². The average molecular weight is 746 g/mol. The molecule has 2 aliphatic rings. The van der Waals surface area contributed by atoms with Gasteiger partial charge in [0.25, 0.3) is 11.8 Å². The van der Waals surface area contributed by atoms with Gasteiger partial charge in [0.2, 0.25) is 0 Å². The first-order valence-electron chi connectivity index (χ1n) is 16.7. The monoisotopic (exact) mass is 744 g/mol. The topological polar surface area (TPSA) is 124 Å². The molecule has 8 nitrogen and oxygen atoms in total. The molecule has 6 rings (SSSR count). The first kappa shape index (κ1) is 38.4. The van der Waals surface area contributed by atoms with Crippen LogP contribution in [0, 0.1) is 35.3 Å². The van der Waals surface area contributed by atoms with E-state index in [4.69, 9.17) is 23.2 Å². The first-order chi connectivity index (χ1) is 24.9. The van der Waals surface area contributed by atoms with E-state index in [9.17, 15) is 28.6 Å². The third-order valence-electron chi connectivity index (χ3n) is 8.62. The Bertz CT molecular complexity index is 2030. The van der Waals surface area contributed by atoms with Crippen molar-refractivity contribution in [1.82, 2.24) is 20.6 Å². The number of hydrogen-bond acceptors (Lipinski definition) is 6. The van der Waals surface area contributed by atoms with Gasteiger partial charge in [-0.05, 0) is 87.1 Å². The van der Waals surface area contributed by atoms with Gasteiger partial charge in [-0.25, -0.2) is 13.8 Å². The van der Waals surface area contributed by atoms with Crippen LogP contribution in [0.5, 0.6) is 0 Å². The fraction of sp³-hybridized carbons (Fsp3) is 0.300. The van der Waals surface area contributed by atoms with Gasteiger partial charge < -0.3 is 20.8 Å². The van der Waals surface area contributed by atoms with Crippen molar-refractivity contribution in [3.63, 3.8) is 0 Å². The zero-order chi connectivity index (χ0) is 37.1. The Labute approximate surface area is 311 Å². The van der Waals surface area contributed by atoms with Gasteiger partial charge in [0.05, 0.1) is 6.20 Å². The van der Waals surface area contributed by atoms with Crippen LogP contribution >= 0.6 is 23.2 Å². The maximum Gasteiger partial charge on any atom is 0.273 e. The standard InChI is InChI=1S/C20H17ClF2N2O2.C20H19ClN2O2/c21-14-4-1-3-13(9-14)6-8-20(27)7-2-5-16(11-20)25-19(26)18-17(23)10-15(22)12-24-18;21-17-4-1-3-15(13-17)6-10-20(25)9-2-5-18(14-20)23-19(24)16-7-11-22-12-8-16/h1,3-4,9-10,12,16,27H,2,5,7,11H2,(H,25,26);1,3-4,7-8,11-13,18,25H,2,5,9,14H2,(H,23,24)/t16-,20+;18-,20+/m11/s1. The van der Waals surface area contributed by atoms with E-state index in [0.29, 0.717) is 59.3 Å². The highest BCUT2D eigenvalue weighted by atomic mass is 35.5. The summed E-state index contributed by atoms with van der Waals surface area (Å²) in [5.41, 5.74) is -0.836. The lowest BCUT2D eigenvalue weighted by atomic mass is 9.82. The van der Waals surface area contributed by atoms with Crippen molar-refractivity contribution < 1.29 is 28.6 Å². The highest BCUT2D eigenvalue weighted by Gasteiger charge is 2.35. The molecule has 4 aromatic rings. The lowest BCUT2D eigenvalue weighted by Gasteiger charge is -2.33. The Morgan fingerprint density at radius 2 is 1.29 bits per heavy atom. The summed E-state index contributed by atoms with van der Waals surface area (Å²) in [4.78, 5) is 31.9. The molecule has 52 heavy (non-hydrogen) atoms. The van der Waals surface area contributed by atoms with E-state index in [2.05, 4.69) is 44.3 Å². The van der Waals surface area contributed by atoms with Crippen LogP contribution in [-0.4, -0.2) is 55.3 Å². The number of amides is 2. The molecular formula is C40H36Cl2F2N4O4. The third kappa shape index (κ3) is 11.3. The van der Waals surface area contributed by atoms with E-state index in [1.54, 1.807) is 60.9 Å². The van der Waals surface area contributed by atoms with E-state index < -0.39 is 40.5 Å². The summed E-state index contributed by atoms with van der Waals surface area (Å²) in [6.07, 6.45) is 8.54. The van der Waals surface area contributed by atoms with Crippen LogP contribution in [-0.2, 0) is 0 Å². The van der Waals surface area contributed by atoms with Crippen molar-refractivity contribution in [2.24, 2.45) is 0 Å². The highest BCUT2D eigenvalue weighted by Crippen LogP contribution is 2.29. The lowest BCUT2D eigenvalue weighted by molar-refractivity contribution is 0.0443. The molecule has 0 aliphatic heterocycles. The Morgan fingerprint density at radius 1 is 0.769 bits per heavy atom. The molecule has 2 aromatic heterocycles. The maximum absolute atomic E-state index is 13.7. The zero-order valence-electron chi connectivity index (χ0n) is 28.0. The fourth-order valence-electron chi connectivity index (χ4n) is 6.10. The van der Waals surface area contributed by atoms with Gasteiger partial charge in [0.15, 0.2) is 11.5 Å². The van der Waals surface area contributed by atoms with Gasteiger partial charge in [-0.3, -0.25) is 14.6 Å². The molecule has 2 aromatic carbocycles.